The van der Waals surface area contributed by atoms with E-state index in [-0.39, 0.29) is 0 Å². The summed E-state index contributed by atoms with van der Waals surface area (Å²) in [5.41, 5.74) is 0. The van der Waals surface area contributed by atoms with Gasteiger partial charge in [-0.1, -0.05) is 0 Å². The quantitative estimate of drug-likeness (QED) is 0.791. The van der Waals surface area contributed by atoms with E-state index in [9.17, 15) is 0 Å². The lowest BCUT2D eigenvalue weighted by atomic mass is 10.3. The minimum atomic E-state index is 0.598. The van der Waals surface area contributed by atoms with Gasteiger partial charge in [-0.25, -0.2) is 4.98 Å². The molecule has 6 heteroatoms. The lowest BCUT2D eigenvalue weighted by molar-refractivity contribution is 0.171. The molecular weight excluding hydrogens is 262 g/mol. The van der Waals surface area contributed by atoms with Gasteiger partial charge in [0.2, 0.25) is 11.8 Å². The molecule has 0 aliphatic heterocycles. The van der Waals surface area contributed by atoms with E-state index in [0.29, 0.717) is 25.0 Å². The highest BCUT2D eigenvalue weighted by Crippen LogP contribution is 2.31. The second-order valence-electron chi connectivity index (χ2n) is 4.15. The Morgan fingerprint density at radius 1 is 1.32 bits per heavy atom. The first-order valence-corrected chi connectivity index (χ1v) is 7.20. The van der Waals surface area contributed by atoms with Gasteiger partial charge in [-0.05, 0) is 19.9 Å². The second-order valence-corrected chi connectivity index (χ2v) is 5.39. The van der Waals surface area contributed by atoms with Gasteiger partial charge in [0.05, 0.1) is 12.0 Å². The molecule has 1 N–H and O–H groups in total. The molecule has 0 unspecified atom stereocenters. The van der Waals surface area contributed by atoms with Crippen LogP contribution in [0.25, 0.3) is 10.2 Å². The molecule has 0 atom stereocenters. The number of aromatic nitrogens is 2. The smallest absolute Gasteiger partial charge is 0.227 e. The van der Waals surface area contributed by atoms with Gasteiger partial charge in [-0.2, -0.15) is 4.98 Å². The largest absolute Gasteiger partial charge is 0.477 e. The normalized spacial score (nSPS) is 10.9. The third-order valence-corrected chi connectivity index (χ3v) is 3.49. The molecule has 0 bridgehead atoms. The number of hydrogen-bond acceptors (Lipinski definition) is 6. The zero-order valence-electron chi connectivity index (χ0n) is 11.5. The summed E-state index contributed by atoms with van der Waals surface area (Å²) < 4.78 is 10.8. The van der Waals surface area contributed by atoms with Crippen LogP contribution in [0.15, 0.2) is 6.07 Å². The van der Waals surface area contributed by atoms with Gasteiger partial charge in [-0.3, -0.25) is 0 Å². The molecule has 104 valence electrons. The van der Waals surface area contributed by atoms with Crippen molar-refractivity contribution in [1.82, 2.24) is 9.97 Å². The summed E-state index contributed by atoms with van der Waals surface area (Å²) in [5.74, 6) is 1.28. The molecule has 0 aliphatic rings. The first-order valence-electron chi connectivity index (χ1n) is 6.38. The summed E-state index contributed by atoms with van der Waals surface area (Å²) in [7, 11) is 1.69. The van der Waals surface area contributed by atoms with E-state index in [2.05, 4.69) is 28.3 Å². The van der Waals surface area contributed by atoms with Gasteiger partial charge in [0.1, 0.15) is 4.83 Å². The van der Waals surface area contributed by atoms with Crippen molar-refractivity contribution in [2.45, 2.75) is 20.3 Å². The van der Waals surface area contributed by atoms with E-state index < -0.39 is 0 Å². The average Bonchev–Trinajstić information content (AvgIpc) is 2.75. The topological polar surface area (TPSA) is 56.3 Å². The van der Waals surface area contributed by atoms with Gasteiger partial charge in [-0.15, -0.1) is 11.3 Å². The van der Waals surface area contributed by atoms with Gasteiger partial charge in [0, 0.05) is 31.6 Å². The van der Waals surface area contributed by atoms with Crippen LogP contribution in [0.2, 0.25) is 0 Å². The van der Waals surface area contributed by atoms with Gasteiger partial charge >= 0.3 is 0 Å². The van der Waals surface area contributed by atoms with Crippen molar-refractivity contribution in [2.75, 3.05) is 32.2 Å². The number of ether oxygens (including phenoxy) is 2. The van der Waals surface area contributed by atoms with Crippen molar-refractivity contribution in [3.63, 3.8) is 0 Å². The summed E-state index contributed by atoms with van der Waals surface area (Å²) >= 11 is 1.65. The maximum atomic E-state index is 5.76. The summed E-state index contributed by atoms with van der Waals surface area (Å²) in [6.07, 6.45) is 0.849. The number of aryl methyl sites for hydroxylation is 1. The van der Waals surface area contributed by atoms with Crippen LogP contribution in [-0.4, -0.2) is 36.8 Å². The third kappa shape index (κ3) is 3.54. The molecule has 2 aromatic heterocycles. The molecule has 0 saturated heterocycles. The Bertz CT molecular complexity index is 542. The summed E-state index contributed by atoms with van der Waals surface area (Å²) in [5, 5.41) is 4.12. The number of methoxy groups -OCH3 is 1. The molecule has 0 spiro atoms. The Morgan fingerprint density at radius 2 is 2.16 bits per heavy atom. The van der Waals surface area contributed by atoms with Gasteiger partial charge in [0.15, 0.2) is 0 Å². The molecule has 0 amide bonds. The van der Waals surface area contributed by atoms with Crippen LogP contribution < -0.4 is 10.1 Å². The highest BCUT2D eigenvalue weighted by molar-refractivity contribution is 7.18. The van der Waals surface area contributed by atoms with Crippen molar-refractivity contribution >= 4 is 27.5 Å². The highest BCUT2D eigenvalue weighted by Gasteiger charge is 2.11. The Balaban J connectivity index is 2.22. The van der Waals surface area contributed by atoms with Crippen LogP contribution in [0.3, 0.4) is 0 Å². The lowest BCUT2D eigenvalue weighted by Crippen LogP contribution is -2.06. The van der Waals surface area contributed by atoms with Crippen LogP contribution in [0, 0.1) is 6.92 Å². The number of fused-ring (bicyclic) bond motifs is 1. The first-order chi connectivity index (χ1) is 9.24. The molecule has 0 aromatic carbocycles. The monoisotopic (exact) mass is 281 g/mol. The van der Waals surface area contributed by atoms with E-state index >= 15 is 0 Å². The van der Waals surface area contributed by atoms with Crippen LogP contribution in [0.4, 0.5) is 5.95 Å². The Morgan fingerprint density at radius 3 is 2.89 bits per heavy atom. The predicted octanol–water partition coefficient (Wildman–Crippen LogP) is 2.85. The highest BCUT2D eigenvalue weighted by atomic mass is 32.1. The number of nitrogens with zero attached hydrogens (tertiary/aromatic N) is 2. The fraction of sp³-hybridized carbons (Fsp3) is 0.538. The fourth-order valence-corrected chi connectivity index (χ4v) is 2.61. The molecule has 0 aliphatic carbocycles. The van der Waals surface area contributed by atoms with Crippen LogP contribution in [0.5, 0.6) is 5.88 Å². The minimum absolute atomic E-state index is 0.598. The first kappa shape index (κ1) is 14.0. The van der Waals surface area contributed by atoms with Gasteiger partial charge < -0.3 is 14.8 Å². The maximum Gasteiger partial charge on any atom is 0.227 e. The summed E-state index contributed by atoms with van der Waals surface area (Å²) in [4.78, 5) is 11.1. The zero-order valence-corrected chi connectivity index (χ0v) is 12.3. The number of rotatable bonds is 7. The number of anilines is 1. The van der Waals surface area contributed by atoms with Crippen molar-refractivity contribution in [2.24, 2.45) is 0 Å². The molecule has 2 heterocycles. The molecule has 2 rings (SSSR count). The lowest BCUT2D eigenvalue weighted by Gasteiger charge is -2.08. The van der Waals surface area contributed by atoms with Crippen molar-refractivity contribution in [1.29, 1.82) is 0 Å². The molecule has 0 fully saturated rings. The molecule has 5 nitrogen and oxygen atoms in total. The SMILES string of the molecule is CCNc1nc(OCCCOC)c2cc(C)sc2n1. The molecule has 0 radical (unpaired) electrons. The Kier molecular flexibility index (Phi) is 4.93. The predicted molar refractivity (Wildman–Crippen MR) is 78.3 cm³/mol. The number of hydrogen-bond donors (Lipinski definition) is 1. The van der Waals surface area contributed by atoms with E-state index in [1.54, 1.807) is 18.4 Å². The Hall–Kier alpha value is -1.40. The average molecular weight is 281 g/mol. The summed E-state index contributed by atoms with van der Waals surface area (Å²) in [6.45, 7) is 6.16. The molecule has 19 heavy (non-hydrogen) atoms. The van der Waals surface area contributed by atoms with Gasteiger partial charge in [0.25, 0.3) is 0 Å². The molecular formula is C13H19N3O2S. The van der Waals surface area contributed by atoms with Crippen molar-refractivity contribution in [3.05, 3.63) is 10.9 Å². The minimum Gasteiger partial charge on any atom is -0.477 e. The Labute approximate surface area is 117 Å². The number of nitrogens with one attached hydrogen (secondary N) is 1. The summed E-state index contributed by atoms with van der Waals surface area (Å²) in [6, 6.07) is 2.07. The maximum absolute atomic E-state index is 5.76. The van der Waals surface area contributed by atoms with E-state index in [0.717, 1.165) is 23.2 Å². The molecule has 2 aromatic rings. The van der Waals surface area contributed by atoms with Crippen molar-refractivity contribution in [3.8, 4) is 5.88 Å². The van der Waals surface area contributed by atoms with Crippen LogP contribution in [0.1, 0.15) is 18.2 Å². The molecule has 0 saturated carbocycles. The van der Waals surface area contributed by atoms with Crippen LogP contribution >= 0.6 is 11.3 Å². The zero-order chi connectivity index (χ0) is 13.7. The fourth-order valence-electron chi connectivity index (χ4n) is 1.74. The van der Waals surface area contributed by atoms with E-state index in [1.165, 1.54) is 4.88 Å². The standard InChI is InChI=1S/C13H19N3O2S/c1-4-14-13-15-11(18-7-5-6-17-3)10-8-9(2)19-12(10)16-13/h8H,4-7H2,1-3H3,(H,14,15,16). The van der Waals surface area contributed by atoms with E-state index in [4.69, 9.17) is 9.47 Å². The second kappa shape index (κ2) is 6.68. The number of thiophene rings is 1. The van der Waals surface area contributed by atoms with Crippen LogP contribution in [-0.2, 0) is 4.74 Å². The third-order valence-electron chi connectivity index (χ3n) is 2.55. The van der Waals surface area contributed by atoms with E-state index in [1.807, 2.05) is 6.92 Å². The van der Waals surface area contributed by atoms with Crippen molar-refractivity contribution < 1.29 is 9.47 Å².